The number of hydrogen-bond acceptors (Lipinski definition) is 7. The number of hydrogen-bond donors (Lipinski definition) is 4. The Bertz CT molecular complexity index is 677. The molecule has 0 aliphatic carbocycles. The number of benzene rings is 1. The molecule has 1 aromatic carbocycles. The monoisotopic (exact) mass is 340 g/mol. The van der Waals surface area contributed by atoms with Crippen LogP contribution in [0.3, 0.4) is 0 Å². The van der Waals surface area contributed by atoms with Gasteiger partial charge in [-0.2, -0.15) is 0 Å². The van der Waals surface area contributed by atoms with Crippen LogP contribution in [0.1, 0.15) is 6.92 Å². The van der Waals surface area contributed by atoms with Crippen molar-refractivity contribution in [3.8, 4) is 0 Å². The number of ether oxygens (including phenoxy) is 1. The number of nitrogens with zero attached hydrogens (tertiary/aromatic N) is 2. The number of fused-ring (bicyclic) bond motifs is 1. The van der Waals surface area contributed by atoms with Crippen molar-refractivity contribution in [3.05, 3.63) is 24.3 Å². The summed E-state index contributed by atoms with van der Waals surface area (Å²) in [5.74, 6) is 0. The fraction of sp³-hybridized carbons (Fsp3) is 0.533. The van der Waals surface area contributed by atoms with Crippen molar-refractivity contribution >= 4 is 22.8 Å². The summed E-state index contributed by atoms with van der Waals surface area (Å²) in [6.07, 6.45) is -4.91. The second-order valence-electron chi connectivity index (χ2n) is 5.44. The SMILES string of the molecule is CCn1c(SC2OC(CO)C(O)C(O)C2O)nc2ccccc21. The van der Waals surface area contributed by atoms with Gasteiger partial charge in [0, 0.05) is 6.54 Å². The largest absolute Gasteiger partial charge is 0.394 e. The molecule has 1 aliphatic rings. The Labute approximate surface area is 137 Å². The average Bonchev–Trinajstić information content (AvgIpc) is 2.92. The molecule has 126 valence electrons. The molecule has 0 amide bonds. The summed E-state index contributed by atoms with van der Waals surface area (Å²) in [6, 6.07) is 7.69. The zero-order valence-corrected chi connectivity index (χ0v) is 13.4. The van der Waals surface area contributed by atoms with Crippen LogP contribution in [0, 0.1) is 0 Å². The zero-order chi connectivity index (χ0) is 16.6. The molecular weight excluding hydrogens is 320 g/mol. The van der Waals surface area contributed by atoms with Crippen LogP contribution in [-0.4, -0.2) is 66.4 Å². The molecule has 1 aromatic heterocycles. The molecule has 1 aliphatic heterocycles. The minimum atomic E-state index is -1.38. The molecule has 23 heavy (non-hydrogen) atoms. The molecule has 1 fully saturated rings. The normalized spacial score (nSPS) is 31.6. The van der Waals surface area contributed by atoms with Gasteiger partial charge in [0.2, 0.25) is 0 Å². The van der Waals surface area contributed by atoms with Gasteiger partial charge in [0.15, 0.2) is 5.16 Å². The maximum absolute atomic E-state index is 10.1. The van der Waals surface area contributed by atoms with E-state index in [4.69, 9.17) is 4.74 Å². The lowest BCUT2D eigenvalue weighted by Gasteiger charge is -2.39. The van der Waals surface area contributed by atoms with Crippen LogP contribution >= 0.6 is 11.8 Å². The lowest BCUT2D eigenvalue weighted by molar-refractivity contribution is -0.205. The highest BCUT2D eigenvalue weighted by molar-refractivity contribution is 7.99. The highest BCUT2D eigenvalue weighted by Crippen LogP contribution is 2.34. The van der Waals surface area contributed by atoms with E-state index < -0.39 is 36.5 Å². The summed E-state index contributed by atoms with van der Waals surface area (Å²) in [6.45, 7) is 2.25. The number of para-hydroxylation sites is 2. The molecule has 7 nitrogen and oxygen atoms in total. The predicted molar refractivity (Wildman–Crippen MR) is 85.0 cm³/mol. The Balaban J connectivity index is 1.89. The van der Waals surface area contributed by atoms with Gasteiger partial charge < -0.3 is 29.7 Å². The number of aliphatic hydroxyl groups is 4. The van der Waals surface area contributed by atoms with Gasteiger partial charge in [-0.15, -0.1) is 0 Å². The van der Waals surface area contributed by atoms with E-state index in [0.717, 1.165) is 11.0 Å². The molecule has 2 aromatic rings. The summed E-state index contributed by atoms with van der Waals surface area (Å²) < 4.78 is 7.52. The molecule has 2 heterocycles. The molecule has 5 unspecified atom stereocenters. The molecular formula is C15H20N2O5S. The molecule has 1 saturated heterocycles. The molecule has 5 atom stereocenters. The Morgan fingerprint density at radius 1 is 1.17 bits per heavy atom. The van der Waals surface area contributed by atoms with Gasteiger partial charge in [0.05, 0.1) is 17.6 Å². The van der Waals surface area contributed by atoms with Gasteiger partial charge in [0.25, 0.3) is 0 Å². The van der Waals surface area contributed by atoms with Crippen molar-refractivity contribution in [2.24, 2.45) is 0 Å². The van der Waals surface area contributed by atoms with Crippen molar-refractivity contribution in [1.29, 1.82) is 0 Å². The van der Waals surface area contributed by atoms with Gasteiger partial charge >= 0.3 is 0 Å². The van der Waals surface area contributed by atoms with Crippen molar-refractivity contribution in [2.75, 3.05) is 6.61 Å². The molecule has 0 spiro atoms. The number of aryl methyl sites for hydroxylation is 1. The fourth-order valence-corrected chi connectivity index (χ4v) is 3.93. The molecule has 8 heteroatoms. The third-order valence-electron chi connectivity index (χ3n) is 4.01. The lowest BCUT2D eigenvalue weighted by atomic mass is 10.0. The Morgan fingerprint density at radius 2 is 1.91 bits per heavy atom. The van der Waals surface area contributed by atoms with Crippen molar-refractivity contribution < 1.29 is 25.2 Å². The van der Waals surface area contributed by atoms with E-state index in [9.17, 15) is 20.4 Å². The first-order valence-electron chi connectivity index (χ1n) is 7.49. The number of imidazole rings is 1. The number of thioether (sulfide) groups is 1. The second-order valence-corrected chi connectivity index (χ2v) is 6.51. The summed E-state index contributed by atoms with van der Waals surface area (Å²) in [4.78, 5) is 4.54. The van der Waals surface area contributed by atoms with Crippen molar-refractivity contribution in [1.82, 2.24) is 9.55 Å². The van der Waals surface area contributed by atoms with Crippen LogP contribution in [-0.2, 0) is 11.3 Å². The Morgan fingerprint density at radius 3 is 2.61 bits per heavy atom. The van der Waals surface area contributed by atoms with Crippen LogP contribution in [0.5, 0.6) is 0 Å². The topological polar surface area (TPSA) is 108 Å². The van der Waals surface area contributed by atoms with E-state index in [1.54, 1.807) is 0 Å². The zero-order valence-electron chi connectivity index (χ0n) is 12.6. The van der Waals surface area contributed by atoms with Gasteiger partial charge in [-0.3, -0.25) is 0 Å². The van der Waals surface area contributed by atoms with Crippen molar-refractivity contribution in [2.45, 2.75) is 48.5 Å². The molecule has 3 rings (SSSR count). The van der Waals surface area contributed by atoms with E-state index in [0.29, 0.717) is 11.7 Å². The average molecular weight is 340 g/mol. The van der Waals surface area contributed by atoms with E-state index in [1.165, 1.54) is 11.8 Å². The van der Waals surface area contributed by atoms with Gasteiger partial charge in [-0.1, -0.05) is 23.9 Å². The van der Waals surface area contributed by atoms with Gasteiger partial charge in [-0.05, 0) is 19.1 Å². The first-order chi connectivity index (χ1) is 11.1. The highest BCUT2D eigenvalue weighted by atomic mass is 32.2. The van der Waals surface area contributed by atoms with Crippen LogP contribution in [0.25, 0.3) is 11.0 Å². The van der Waals surface area contributed by atoms with Crippen molar-refractivity contribution in [3.63, 3.8) is 0 Å². The van der Waals surface area contributed by atoms with Gasteiger partial charge in [-0.25, -0.2) is 4.98 Å². The summed E-state index contributed by atoms with van der Waals surface area (Å²) in [5.41, 5.74) is 0.983. The third-order valence-corrected chi connectivity index (χ3v) is 5.15. The van der Waals surface area contributed by atoms with E-state index >= 15 is 0 Å². The van der Waals surface area contributed by atoms with Crippen LogP contribution in [0.2, 0.25) is 0 Å². The lowest BCUT2D eigenvalue weighted by Crippen LogP contribution is -2.57. The molecule has 4 N–H and O–H groups in total. The molecule has 0 radical (unpaired) electrons. The minimum Gasteiger partial charge on any atom is -0.394 e. The quantitative estimate of drug-likeness (QED) is 0.618. The third kappa shape index (κ3) is 2.98. The first kappa shape index (κ1) is 16.7. The Kier molecular flexibility index (Phi) is 4.90. The number of rotatable bonds is 4. The fourth-order valence-electron chi connectivity index (χ4n) is 2.72. The smallest absolute Gasteiger partial charge is 0.171 e. The summed E-state index contributed by atoms with van der Waals surface area (Å²) in [5, 5.41) is 39.8. The van der Waals surface area contributed by atoms with E-state index in [2.05, 4.69) is 4.98 Å². The highest BCUT2D eigenvalue weighted by Gasteiger charge is 2.44. The Hall–Kier alpha value is -1.16. The molecule has 0 saturated carbocycles. The van der Waals surface area contributed by atoms with E-state index in [-0.39, 0.29) is 0 Å². The number of aliphatic hydroxyl groups excluding tert-OH is 4. The second kappa shape index (κ2) is 6.76. The van der Waals surface area contributed by atoms with Crippen LogP contribution in [0.4, 0.5) is 0 Å². The standard InChI is InChI=1S/C15H20N2O5S/c1-2-17-9-6-4-3-5-8(9)16-15(17)23-14-13(21)12(20)11(19)10(7-18)22-14/h3-6,10-14,18-21H,2,7H2,1H3. The summed E-state index contributed by atoms with van der Waals surface area (Å²) in [7, 11) is 0. The minimum absolute atomic E-state index is 0.438. The number of aromatic nitrogens is 2. The van der Waals surface area contributed by atoms with E-state index in [1.807, 2.05) is 35.8 Å². The van der Waals surface area contributed by atoms with Crippen LogP contribution < -0.4 is 0 Å². The van der Waals surface area contributed by atoms with Gasteiger partial charge in [0.1, 0.15) is 29.9 Å². The summed E-state index contributed by atoms with van der Waals surface area (Å²) >= 11 is 1.17. The first-order valence-corrected chi connectivity index (χ1v) is 8.37. The maximum atomic E-state index is 10.1. The molecule has 0 bridgehead atoms. The predicted octanol–water partition coefficient (Wildman–Crippen LogP) is -0.0518. The maximum Gasteiger partial charge on any atom is 0.171 e. The van der Waals surface area contributed by atoms with Crippen LogP contribution in [0.15, 0.2) is 29.4 Å².